The van der Waals surface area contributed by atoms with Crippen LogP contribution in [0.15, 0.2) is 24.3 Å². The first-order chi connectivity index (χ1) is 7.95. The van der Waals surface area contributed by atoms with E-state index in [1.165, 1.54) is 0 Å². The van der Waals surface area contributed by atoms with Crippen molar-refractivity contribution < 1.29 is 9.84 Å². The summed E-state index contributed by atoms with van der Waals surface area (Å²) in [5.41, 5.74) is 0.128. The van der Waals surface area contributed by atoms with Crippen LogP contribution in [0.5, 0.6) is 5.75 Å². The van der Waals surface area contributed by atoms with E-state index in [0.717, 1.165) is 17.9 Å². The summed E-state index contributed by atoms with van der Waals surface area (Å²) in [5, 5.41) is 13.4. The molecular weight excluding hydrogens is 214 g/mol. The smallest absolute Gasteiger partial charge is 0.119 e. The van der Waals surface area contributed by atoms with E-state index in [1.807, 2.05) is 52.1 Å². The minimum absolute atomic E-state index is 0.172. The molecule has 0 amide bonds. The maximum atomic E-state index is 10.3. The summed E-state index contributed by atoms with van der Waals surface area (Å²) in [7, 11) is 1.88. The van der Waals surface area contributed by atoms with E-state index >= 15 is 0 Å². The molecule has 0 saturated heterocycles. The van der Waals surface area contributed by atoms with Crippen LogP contribution >= 0.6 is 0 Å². The molecule has 17 heavy (non-hydrogen) atoms. The van der Waals surface area contributed by atoms with Crippen molar-refractivity contribution in [3.8, 4) is 5.75 Å². The number of hydrogen-bond donors (Lipinski definition) is 2. The highest BCUT2D eigenvalue weighted by molar-refractivity contribution is 5.30. The molecule has 0 radical (unpaired) electrons. The van der Waals surface area contributed by atoms with E-state index < -0.39 is 5.60 Å². The van der Waals surface area contributed by atoms with Gasteiger partial charge < -0.3 is 15.2 Å². The van der Waals surface area contributed by atoms with Gasteiger partial charge in [-0.2, -0.15) is 0 Å². The zero-order chi connectivity index (χ0) is 12.9. The first-order valence-electron chi connectivity index (χ1n) is 6.10. The molecule has 2 N–H and O–H groups in total. The third-order valence-electron chi connectivity index (χ3n) is 2.71. The predicted molar refractivity (Wildman–Crippen MR) is 70.3 cm³/mol. The van der Waals surface area contributed by atoms with Crippen molar-refractivity contribution >= 4 is 0 Å². The molecule has 0 aromatic heterocycles. The lowest BCUT2D eigenvalue weighted by molar-refractivity contribution is 0.0485. The normalized spacial score (nSPS) is 14.7. The molecule has 3 heteroatoms. The molecule has 0 spiro atoms. The fraction of sp³-hybridized carbons (Fsp3) is 0.571. The molecule has 0 aliphatic carbocycles. The molecule has 1 rings (SSSR count). The van der Waals surface area contributed by atoms with Gasteiger partial charge in [-0.3, -0.25) is 0 Å². The maximum Gasteiger partial charge on any atom is 0.119 e. The standard InChI is InChI=1S/C14H23NO2/c1-11(2)17-13-7-5-12(6-8-13)14(3,16)9-10-15-4/h5-8,11,15-16H,9-10H2,1-4H3. The third kappa shape index (κ3) is 4.36. The van der Waals surface area contributed by atoms with Crippen molar-refractivity contribution in [3.05, 3.63) is 29.8 Å². The number of nitrogens with one attached hydrogen (secondary N) is 1. The molecule has 0 saturated carbocycles. The van der Waals surface area contributed by atoms with Gasteiger partial charge in [0.25, 0.3) is 0 Å². The van der Waals surface area contributed by atoms with Gasteiger partial charge in [-0.05, 0) is 58.5 Å². The van der Waals surface area contributed by atoms with Gasteiger partial charge in [-0.1, -0.05) is 12.1 Å². The summed E-state index contributed by atoms with van der Waals surface area (Å²) < 4.78 is 5.57. The van der Waals surface area contributed by atoms with Crippen LogP contribution in [0.1, 0.15) is 32.8 Å². The highest BCUT2D eigenvalue weighted by Gasteiger charge is 2.22. The van der Waals surface area contributed by atoms with Gasteiger partial charge >= 0.3 is 0 Å². The van der Waals surface area contributed by atoms with Crippen LogP contribution in [0.3, 0.4) is 0 Å². The zero-order valence-corrected chi connectivity index (χ0v) is 11.2. The van der Waals surface area contributed by atoms with Crippen molar-refractivity contribution in [2.24, 2.45) is 0 Å². The predicted octanol–water partition coefficient (Wildman–Crippen LogP) is 2.29. The number of hydrogen-bond acceptors (Lipinski definition) is 3. The Morgan fingerprint density at radius 2 is 1.88 bits per heavy atom. The Hall–Kier alpha value is -1.06. The SMILES string of the molecule is CNCCC(C)(O)c1ccc(OC(C)C)cc1. The van der Waals surface area contributed by atoms with Crippen LogP contribution in [0.25, 0.3) is 0 Å². The van der Waals surface area contributed by atoms with E-state index in [-0.39, 0.29) is 6.10 Å². The number of benzene rings is 1. The Morgan fingerprint density at radius 3 is 2.35 bits per heavy atom. The minimum atomic E-state index is -0.792. The van der Waals surface area contributed by atoms with Crippen LogP contribution in [0.2, 0.25) is 0 Å². The number of aliphatic hydroxyl groups is 1. The van der Waals surface area contributed by atoms with Gasteiger partial charge in [-0.15, -0.1) is 0 Å². The van der Waals surface area contributed by atoms with Gasteiger partial charge in [0.1, 0.15) is 5.75 Å². The Balaban J connectivity index is 2.72. The summed E-state index contributed by atoms with van der Waals surface area (Å²) in [6.07, 6.45) is 0.860. The van der Waals surface area contributed by atoms with Gasteiger partial charge in [0.05, 0.1) is 11.7 Å². The highest BCUT2D eigenvalue weighted by Crippen LogP contribution is 2.26. The lowest BCUT2D eigenvalue weighted by Crippen LogP contribution is -2.26. The Kier molecular flexibility index (Phi) is 4.97. The second-order valence-corrected chi connectivity index (χ2v) is 4.82. The Labute approximate surface area is 104 Å². The molecule has 1 atom stereocenters. The molecule has 0 aliphatic heterocycles. The molecule has 0 bridgehead atoms. The van der Waals surface area contributed by atoms with Crippen molar-refractivity contribution in [3.63, 3.8) is 0 Å². The topological polar surface area (TPSA) is 41.5 Å². The maximum absolute atomic E-state index is 10.3. The molecule has 1 aromatic carbocycles. The molecule has 0 aliphatic rings. The molecular formula is C14H23NO2. The fourth-order valence-electron chi connectivity index (χ4n) is 1.68. The van der Waals surface area contributed by atoms with E-state index in [2.05, 4.69) is 5.32 Å². The second-order valence-electron chi connectivity index (χ2n) is 4.82. The molecule has 96 valence electrons. The first kappa shape index (κ1) is 14.0. The van der Waals surface area contributed by atoms with Crippen LogP contribution < -0.4 is 10.1 Å². The van der Waals surface area contributed by atoms with Crippen molar-refractivity contribution in [1.82, 2.24) is 5.32 Å². The van der Waals surface area contributed by atoms with E-state index in [4.69, 9.17) is 4.74 Å². The summed E-state index contributed by atoms with van der Waals surface area (Å²) in [6.45, 7) is 6.62. The molecule has 1 aromatic rings. The molecule has 0 fully saturated rings. The highest BCUT2D eigenvalue weighted by atomic mass is 16.5. The van der Waals surface area contributed by atoms with Crippen LogP contribution in [0.4, 0.5) is 0 Å². The van der Waals surface area contributed by atoms with Gasteiger partial charge in [-0.25, -0.2) is 0 Å². The lowest BCUT2D eigenvalue weighted by atomic mass is 9.92. The lowest BCUT2D eigenvalue weighted by Gasteiger charge is -2.24. The monoisotopic (exact) mass is 237 g/mol. The molecule has 0 heterocycles. The first-order valence-corrected chi connectivity index (χ1v) is 6.10. The van der Waals surface area contributed by atoms with Gasteiger partial charge in [0, 0.05) is 0 Å². The third-order valence-corrected chi connectivity index (χ3v) is 2.71. The van der Waals surface area contributed by atoms with E-state index in [0.29, 0.717) is 6.42 Å². The number of rotatable bonds is 6. The Morgan fingerprint density at radius 1 is 1.29 bits per heavy atom. The Bertz CT molecular complexity index is 331. The van der Waals surface area contributed by atoms with Crippen LogP contribution in [-0.2, 0) is 5.60 Å². The number of ether oxygens (including phenoxy) is 1. The minimum Gasteiger partial charge on any atom is -0.491 e. The van der Waals surface area contributed by atoms with E-state index in [1.54, 1.807) is 0 Å². The van der Waals surface area contributed by atoms with Gasteiger partial charge in [0.2, 0.25) is 0 Å². The fourth-order valence-corrected chi connectivity index (χ4v) is 1.68. The summed E-state index contributed by atoms with van der Waals surface area (Å²) >= 11 is 0. The summed E-state index contributed by atoms with van der Waals surface area (Å²) in [4.78, 5) is 0. The molecule has 1 unspecified atom stereocenters. The van der Waals surface area contributed by atoms with Crippen molar-refractivity contribution in [1.29, 1.82) is 0 Å². The van der Waals surface area contributed by atoms with Crippen molar-refractivity contribution in [2.75, 3.05) is 13.6 Å². The van der Waals surface area contributed by atoms with E-state index in [9.17, 15) is 5.11 Å². The largest absolute Gasteiger partial charge is 0.491 e. The zero-order valence-electron chi connectivity index (χ0n) is 11.2. The van der Waals surface area contributed by atoms with Crippen LogP contribution in [0, 0.1) is 0 Å². The second kappa shape index (κ2) is 6.03. The summed E-state index contributed by atoms with van der Waals surface area (Å²) in [6, 6.07) is 7.66. The summed E-state index contributed by atoms with van der Waals surface area (Å²) in [5.74, 6) is 0.841. The quantitative estimate of drug-likeness (QED) is 0.797. The average molecular weight is 237 g/mol. The van der Waals surface area contributed by atoms with Crippen LogP contribution in [-0.4, -0.2) is 24.8 Å². The van der Waals surface area contributed by atoms with Gasteiger partial charge in [0.15, 0.2) is 0 Å². The van der Waals surface area contributed by atoms with Crippen molar-refractivity contribution in [2.45, 2.75) is 38.9 Å². The average Bonchev–Trinajstić information content (AvgIpc) is 2.26. The molecule has 3 nitrogen and oxygen atoms in total.